The SMILES string of the molecule is COc1cc2c(cc1OC)C[C@H](NCCC(c1ccccc1)c1ccccc1)[C@H](O)C2.Cl. The monoisotopic (exact) mass is 453 g/mol. The van der Waals surface area contributed by atoms with E-state index in [2.05, 4.69) is 66.0 Å². The molecule has 170 valence electrons. The first-order valence-corrected chi connectivity index (χ1v) is 10.9. The Kier molecular flexibility index (Phi) is 8.57. The van der Waals surface area contributed by atoms with Crippen LogP contribution in [0.1, 0.15) is 34.6 Å². The summed E-state index contributed by atoms with van der Waals surface area (Å²) in [5.74, 6) is 1.78. The van der Waals surface area contributed by atoms with Crippen molar-refractivity contribution in [2.45, 2.75) is 37.3 Å². The third kappa shape index (κ3) is 5.44. The molecule has 0 heterocycles. The lowest BCUT2D eigenvalue weighted by Crippen LogP contribution is -2.46. The maximum atomic E-state index is 10.8. The zero-order valence-electron chi connectivity index (χ0n) is 18.7. The van der Waals surface area contributed by atoms with Crippen LogP contribution in [0.25, 0.3) is 0 Å². The van der Waals surface area contributed by atoms with E-state index >= 15 is 0 Å². The molecule has 0 radical (unpaired) electrons. The van der Waals surface area contributed by atoms with Crippen LogP contribution in [0.15, 0.2) is 72.8 Å². The Labute approximate surface area is 197 Å². The van der Waals surface area contributed by atoms with Crippen molar-refractivity contribution in [3.05, 3.63) is 95.1 Å². The van der Waals surface area contributed by atoms with Crippen LogP contribution in [0.5, 0.6) is 11.5 Å². The van der Waals surface area contributed by atoms with Gasteiger partial charge in [-0.05, 0) is 53.8 Å². The molecule has 0 amide bonds. The fourth-order valence-corrected chi connectivity index (χ4v) is 4.60. The Hall–Kier alpha value is -2.53. The van der Waals surface area contributed by atoms with Gasteiger partial charge < -0.3 is 19.9 Å². The third-order valence-corrected chi connectivity index (χ3v) is 6.28. The van der Waals surface area contributed by atoms with Crippen LogP contribution >= 0.6 is 12.4 Å². The molecule has 2 N–H and O–H groups in total. The molecule has 0 aliphatic heterocycles. The smallest absolute Gasteiger partial charge is 0.161 e. The topological polar surface area (TPSA) is 50.7 Å². The molecule has 1 aliphatic carbocycles. The molecule has 4 nitrogen and oxygen atoms in total. The lowest BCUT2D eigenvalue weighted by Gasteiger charge is -2.31. The van der Waals surface area contributed by atoms with Gasteiger partial charge in [0, 0.05) is 18.4 Å². The third-order valence-electron chi connectivity index (χ3n) is 6.28. The molecule has 4 rings (SSSR count). The molecule has 0 spiro atoms. The number of nitrogens with one attached hydrogen (secondary N) is 1. The number of aliphatic hydroxyl groups excluding tert-OH is 1. The average molecular weight is 454 g/mol. The summed E-state index contributed by atoms with van der Waals surface area (Å²) in [5, 5.41) is 14.4. The van der Waals surface area contributed by atoms with Gasteiger partial charge in [0.05, 0.1) is 20.3 Å². The normalized spacial score (nSPS) is 17.4. The molecular formula is C27H32ClNO3. The van der Waals surface area contributed by atoms with Crippen molar-refractivity contribution in [2.75, 3.05) is 20.8 Å². The van der Waals surface area contributed by atoms with E-state index in [1.807, 2.05) is 12.1 Å². The Morgan fingerprint density at radius 3 is 1.84 bits per heavy atom. The van der Waals surface area contributed by atoms with E-state index in [0.29, 0.717) is 18.1 Å². The van der Waals surface area contributed by atoms with Crippen LogP contribution in [0.2, 0.25) is 0 Å². The van der Waals surface area contributed by atoms with Crippen LogP contribution in [0, 0.1) is 0 Å². The lowest BCUT2D eigenvalue weighted by atomic mass is 9.85. The van der Waals surface area contributed by atoms with Crippen LogP contribution in [-0.4, -0.2) is 38.0 Å². The maximum absolute atomic E-state index is 10.8. The van der Waals surface area contributed by atoms with E-state index in [1.54, 1.807) is 14.2 Å². The average Bonchev–Trinajstić information content (AvgIpc) is 2.82. The summed E-state index contributed by atoms with van der Waals surface area (Å²) < 4.78 is 10.9. The molecule has 0 saturated heterocycles. The summed E-state index contributed by atoms with van der Waals surface area (Å²) >= 11 is 0. The van der Waals surface area contributed by atoms with E-state index in [1.165, 1.54) is 16.7 Å². The second-order valence-electron chi connectivity index (χ2n) is 8.17. The highest BCUT2D eigenvalue weighted by Gasteiger charge is 2.28. The molecule has 5 heteroatoms. The molecule has 0 unspecified atom stereocenters. The van der Waals surface area contributed by atoms with Gasteiger partial charge in [0.1, 0.15) is 0 Å². The Morgan fingerprint density at radius 2 is 1.34 bits per heavy atom. The number of halogens is 1. The Morgan fingerprint density at radius 1 is 0.844 bits per heavy atom. The molecule has 2 atom stereocenters. The summed E-state index contributed by atoms with van der Waals surface area (Å²) in [5.41, 5.74) is 4.99. The molecule has 3 aromatic rings. The zero-order chi connectivity index (χ0) is 21.6. The van der Waals surface area contributed by atoms with Crippen molar-refractivity contribution in [3.63, 3.8) is 0 Å². The highest BCUT2D eigenvalue weighted by atomic mass is 35.5. The van der Waals surface area contributed by atoms with Gasteiger partial charge in [0.25, 0.3) is 0 Å². The van der Waals surface area contributed by atoms with Gasteiger partial charge in [-0.15, -0.1) is 12.4 Å². The minimum atomic E-state index is -0.419. The van der Waals surface area contributed by atoms with E-state index in [0.717, 1.165) is 30.7 Å². The van der Waals surface area contributed by atoms with E-state index in [9.17, 15) is 5.11 Å². The summed E-state index contributed by atoms with van der Waals surface area (Å²) in [6.45, 7) is 0.832. The number of hydrogen-bond donors (Lipinski definition) is 2. The van der Waals surface area contributed by atoms with E-state index in [-0.39, 0.29) is 18.4 Å². The van der Waals surface area contributed by atoms with E-state index < -0.39 is 6.10 Å². The van der Waals surface area contributed by atoms with Crippen molar-refractivity contribution in [1.29, 1.82) is 0 Å². The molecule has 1 aliphatic rings. The van der Waals surface area contributed by atoms with Gasteiger partial charge in [-0.2, -0.15) is 0 Å². The summed E-state index contributed by atoms with van der Waals surface area (Å²) in [6, 6.07) is 25.4. The van der Waals surface area contributed by atoms with Crippen molar-refractivity contribution in [1.82, 2.24) is 5.32 Å². The fraction of sp³-hybridized carbons (Fsp3) is 0.333. The number of aliphatic hydroxyl groups is 1. The van der Waals surface area contributed by atoms with Gasteiger partial charge in [-0.1, -0.05) is 60.7 Å². The van der Waals surface area contributed by atoms with Gasteiger partial charge in [0.2, 0.25) is 0 Å². The van der Waals surface area contributed by atoms with Crippen molar-refractivity contribution in [2.24, 2.45) is 0 Å². The number of methoxy groups -OCH3 is 2. The maximum Gasteiger partial charge on any atom is 0.161 e. The number of ether oxygens (including phenoxy) is 2. The molecule has 0 aromatic heterocycles. The number of hydrogen-bond acceptors (Lipinski definition) is 4. The zero-order valence-corrected chi connectivity index (χ0v) is 19.5. The van der Waals surface area contributed by atoms with Gasteiger partial charge in [-0.25, -0.2) is 0 Å². The van der Waals surface area contributed by atoms with Crippen LogP contribution < -0.4 is 14.8 Å². The van der Waals surface area contributed by atoms with Gasteiger partial charge in [-0.3, -0.25) is 0 Å². The Balaban J connectivity index is 0.00000289. The van der Waals surface area contributed by atoms with Gasteiger partial charge >= 0.3 is 0 Å². The summed E-state index contributed by atoms with van der Waals surface area (Å²) in [4.78, 5) is 0. The molecule has 0 saturated carbocycles. The molecule has 0 bridgehead atoms. The second kappa shape index (κ2) is 11.4. The molecule has 3 aromatic carbocycles. The highest BCUT2D eigenvalue weighted by molar-refractivity contribution is 5.85. The second-order valence-corrected chi connectivity index (χ2v) is 8.17. The molecular weight excluding hydrogens is 422 g/mol. The first-order chi connectivity index (χ1) is 15.2. The highest BCUT2D eigenvalue weighted by Crippen LogP contribution is 2.34. The van der Waals surface area contributed by atoms with Crippen LogP contribution in [0.3, 0.4) is 0 Å². The number of rotatable bonds is 8. The first-order valence-electron chi connectivity index (χ1n) is 10.9. The van der Waals surface area contributed by atoms with Crippen molar-refractivity contribution < 1.29 is 14.6 Å². The summed E-state index contributed by atoms with van der Waals surface area (Å²) in [6.07, 6.45) is 1.94. The van der Waals surface area contributed by atoms with Crippen molar-refractivity contribution >= 4 is 12.4 Å². The lowest BCUT2D eigenvalue weighted by molar-refractivity contribution is 0.119. The number of benzene rings is 3. The van der Waals surface area contributed by atoms with Gasteiger partial charge in [0.15, 0.2) is 11.5 Å². The van der Waals surface area contributed by atoms with Crippen LogP contribution in [-0.2, 0) is 12.8 Å². The van der Waals surface area contributed by atoms with Crippen molar-refractivity contribution in [3.8, 4) is 11.5 Å². The minimum Gasteiger partial charge on any atom is -0.493 e. The molecule has 32 heavy (non-hydrogen) atoms. The number of fused-ring (bicyclic) bond motifs is 1. The molecule has 0 fully saturated rings. The standard InChI is InChI=1S/C27H31NO3.ClH/c1-30-26-17-21-15-24(25(29)16-22(21)18-27(26)31-2)28-14-13-23(19-9-5-3-6-10-19)20-11-7-4-8-12-20;/h3-12,17-18,23-25,28-29H,13-16H2,1-2H3;1H/t24-,25+;/m0./s1. The Bertz CT molecular complexity index is 941. The predicted molar refractivity (Wildman–Crippen MR) is 131 cm³/mol. The van der Waals surface area contributed by atoms with Crippen LogP contribution in [0.4, 0.5) is 0 Å². The largest absolute Gasteiger partial charge is 0.493 e. The predicted octanol–water partition coefficient (Wildman–Crippen LogP) is 4.77. The quantitative estimate of drug-likeness (QED) is 0.516. The van der Waals surface area contributed by atoms with E-state index in [4.69, 9.17) is 9.47 Å². The summed E-state index contributed by atoms with van der Waals surface area (Å²) in [7, 11) is 3.30. The first kappa shape index (κ1) is 24.1. The fourth-order valence-electron chi connectivity index (χ4n) is 4.60. The minimum absolute atomic E-state index is 0.